The van der Waals surface area contributed by atoms with Gasteiger partial charge in [0.15, 0.2) is 0 Å². The molecule has 1 fully saturated rings. The van der Waals surface area contributed by atoms with Gasteiger partial charge in [-0.3, -0.25) is 8.61 Å². The number of thiol groups is 1. The highest BCUT2D eigenvalue weighted by molar-refractivity contribution is 8.12. The van der Waals surface area contributed by atoms with Crippen LogP contribution >= 0.6 is 11.3 Å². The van der Waals surface area contributed by atoms with Gasteiger partial charge >= 0.3 is 0 Å². The van der Waals surface area contributed by atoms with Crippen molar-refractivity contribution >= 4 is 11.3 Å². The van der Waals surface area contributed by atoms with E-state index in [1.165, 1.54) is 13.1 Å². The van der Waals surface area contributed by atoms with Crippen molar-refractivity contribution in [3.8, 4) is 0 Å². The number of rotatable bonds is 2. The second-order valence-electron chi connectivity index (χ2n) is 4.00. The molecular weight excluding hydrogens is 168 g/mol. The van der Waals surface area contributed by atoms with Crippen LogP contribution in [-0.4, -0.2) is 40.0 Å². The third-order valence-electron chi connectivity index (χ3n) is 2.49. The van der Waals surface area contributed by atoms with E-state index in [1.807, 2.05) is 0 Å². The van der Waals surface area contributed by atoms with Gasteiger partial charge in [0.2, 0.25) is 0 Å². The van der Waals surface area contributed by atoms with Gasteiger partial charge in [-0.1, -0.05) is 0 Å². The van der Waals surface area contributed by atoms with Crippen molar-refractivity contribution in [1.82, 2.24) is 8.61 Å². The van der Waals surface area contributed by atoms with E-state index in [9.17, 15) is 0 Å². The molecule has 12 heavy (non-hydrogen) atoms. The van der Waals surface area contributed by atoms with Crippen LogP contribution in [0.2, 0.25) is 0 Å². The van der Waals surface area contributed by atoms with Gasteiger partial charge in [0, 0.05) is 25.2 Å². The molecule has 0 aromatic heterocycles. The van der Waals surface area contributed by atoms with E-state index in [0.29, 0.717) is 12.1 Å². The first-order valence-electron chi connectivity index (χ1n) is 4.81. The fourth-order valence-corrected chi connectivity index (χ4v) is 4.22. The fraction of sp³-hybridized carbons (Fsp3) is 1.00. The monoisotopic (exact) mass is 190 g/mol. The lowest BCUT2D eigenvalue weighted by molar-refractivity contribution is 0.390. The van der Waals surface area contributed by atoms with Crippen molar-refractivity contribution in [1.29, 1.82) is 0 Å². The molecular formula is C9H22N2S. The van der Waals surface area contributed by atoms with E-state index in [0.717, 1.165) is 0 Å². The topological polar surface area (TPSA) is 6.48 Å². The van der Waals surface area contributed by atoms with Crippen molar-refractivity contribution in [3.63, 3.8) is 0 Å². The molecule has 74 valence electrons. The molecule has 0 bridgehead atoms. The third-order valence-corrected chi connectivity index (χ3v) is 5.30. The molecule has 1 rings (SSSR count). The number of hydrogen-bond acceptors (Lipinski definition) is 2. The van der Waals surface area contributed by atoms with E-state index in [1.54, 1.807) is 0 Å². The van der Waals surface area contributed by atoms with Crippen LogP contribution < -0.4 is 0 Å². The summed E-state index contributed by atoms with van der Waals surface area (Å²) in [5, 5.41) is 0. The highest BCUT2D eigenvalue weighted by atomic mass is 32.2. The predicted octanol–water partition coefficient (Wildman–Crippen LogP) is 1.88. The van der Waals surface area contributed by atoms with E-state index in [2.05, 4.69) is 42.6 Å². The Kier molecular flexibility index (Phi) is 3.44. The zero-order chi connectivity index (χ0) is 9.30. The smallest absolute Gasteiger partial charge is 0.0223 e. The first kappa shape index (κ1) is 10.4. The van der Waals surface area contributed by atoms with Gasteiger partial charge in [-0.25, -0.2) is 0 Å². The largest absolute Gasteiger partial charge is 0.255 e. The highest BCUT2D eigenvalue weighted by Gasteiger charge is 2.28. The van der Waals surface area contributed by atoms with Gasteiger partial charge in [0.25, 0.3) is 0 Å². The summed E-state index contributed by atoms with van der Waals surface area (Å²) in [5.41, 5.74) is 0. The predicted molar refractivity (Wildman–Crippen MR) is 58.6 cm³/mol. The van der Waals surface area contributed by atoms with E-state index >= 15 is 0 Å². The molecule has 0 radical (unpaired) electrons. The summed E-state index contributed by atoms with van der Waals surface area (Å²) < 4.78 is 5.24. The van der Waals surface area contributed by atoms with Crippen molar-refractivity contribution < 1.29 is 0 Å². The Bertz CT molecular complexity index is 131. The zero-order valence-corrected chi connectivity index (χ0v) is 9.80. The van der Waals surface area contributed by atoms with E-state index in [-0.39, 0.29) is 11.3 Å². The lowest BCUT2D eigenvalue weighted by Crippen LogP contribution is -2.27. The standard InChI is InChI=1S/C9H22N2S/c1-8(2)10-6-7-11(9(3)4)12(10)5/h8-9,12H,6-7H2,1-5H3. The molecule has 0 saturated carbocycles. The molecule has 0 spiro atoms. The Hall–Kier alpha value is 0.270. The summed E-state index contributed by atoms with van der Waals surface area (Å²) in [6.45, 7) is 11.7. The molecule has 1 aliphatic rings. The van der Waals surface area contributed by atoms with Crippen molar-refractivity contribution in [2.75, 3.05) is 19.3 Å². The van der Waals surface area contributed by atoms with Crippen LogP contribution in [0.5, 0.6) is 0 Å². The number of nitrogens with zero attached hydrogens (tertiary/aromatic N) is 2. The molecule has 1 aliphatic heterocycles. The van der Waals surface area contributed by atoms with Gasteiger partial charge in [0.05, 0.1) is 0 Å². The second kappa shape index (κ2) is 3.99. The maximum atomic E-state index is 2.62. The Morgan fingerprint density at radius 3 is 1.42 bits per heavy atom. The summed E-state index contributed by atoms with van der Waals surface area (Å²) in [6.07, 6.45) is 2.38. The first-order chi connectivity index (χ1) is 5.54. The van der Waals surface area contributed by atoms with E-state index < -0.39 is 0 Å². The normalized spacial score (nSPS) is 24.8. The van der Waals surface area contributed by atoms with Gasteiger partial charge in [-0.2, -0.15) is 0 Å². The summed E-state index contributed by atoms with van der Waals surface area (Å²) in [5.74, 6) is 0. The fourth-order valence-electron chi connectivity index (χ4n) is 1.83. The maximum Gasteiger partial charge on any atom is 0.0223 e. The summed E-state index contributed by atoms with van der Waals surface area (Å²) in [4.78, 5) is 0. The molecule has 0 N–H and O–H groups in total. The molecule has 0 amide bonds. The van der Waals surface area contributed by atoms with Crippen LogP contribution in [-0.2, 0) is 0 Å². The molecule has 0 aliphatic carbocycles. The summed E-state index contributed by atoms with van der Waals surface area (Å²) in [7, 11) is 0. The van der Waals surface area contributed by atoms with Crippen LogP contribution in [0.4, 0.5) is 0 Å². The lowest BCUT2D eigenvalue weighted by Gasteiger charge is -2.35. The van der Waals surface area contributed by atoms with E-state index in [4.69, 9.17) is 0 Å². The SMILES string of the molecule is CC(C)N1CCN(C(C)C)[SH]1C. The van der Waals surface area contributed by atoms with Crippen LogP contribution in [0.15, 0.2) is 0 Å². The molecule has 3 heteroatoms. The molecule has 1 saturated heterocycles. The maximum absolute atomic E-state index is 2.62. The first-order valence-corrected chi connectivity index (χ1v) is 6.50. The molecule has 0 unspecified atom stereocenters. The molecule has 0 aromatic carbocycles. The molecule has 0 atom stereocenters. The van der Waals surface area contributed by atoms with Crippen LogP contribution in [0.25, 0.3) is 0 Å². The summed E-state index contributed by atoms with van der Waals surface area (Å²) >= 11 is -0.00412. The van der Waals surface area contributed by atoms with Crippen molar-refractivity contribution in [3.05, 3.63) is 0 Å². The molecule has 2 nitrogen and oxygen atoms in total. The van der Waals surface area contributed by atoms with Gasteiger partial charge in [-0.15, -0.1) is 11.3 Å². The van der Waals surface area contributed by atoms with Gasteiger partial charge < -0.3 is 0 Å². The zero-order valence-electron chi connectivity index (χ0n) is 8.91. The Balaban J connectivity index is 2.55. The Labute approximate surface area is 79.5 Å². The Morgan fingerprint density at radius 2 is 1.25 bits per heavy atom. The quantitative estimate of drug-likeness (QED) is 0.664. The van der Waals surface area contributed by atoms with Crippen molar-refractivity contribution in [2.24, 2.45) is 0 Å². The second-order valence-corrected chi connectivity index (χ2v) is 6.01. The average molecular weight is 190 g/mol. The van der Waals surface area contributed by atoms with Gasteiger partial charge in [-0.05, 0) is 34.0 Å². The Morgan fingerprint density at radius 1 is 0.917 bits per heavy atom. The minimum atomic E-state index is -0.00412. The minimum absolute atomic E-state index is 0.00412. The van der Waals surface area contributed by atoms with Crippen LogP contribution in [0.3, 0.4) is 0 Å². The molecule has 1 heterocycles. The highest BCUT2D eigenvalue weighted by Crippen LogP contribution is 2.39. The van der Waals surface area contributed by atoms with Crippen LogP contribution in [0, 0.1) is 0 Å². The molecule has 0 aromatic rings. The lowest BCUT2D eigenvalue weighted by atomic mass is 10.3. The minimum Gasteiger partial charge on any atom is -0.255 e. The van der Waals surface area contributed by atoms with Crippen molar-refractivity contribution in [2.45, 2.75) is 39.8 Å². The summed E-state index contributed by atoms with van der Waals surface area (Å²) in [6, 6.07) is 1.43. The van der Waals surface area contributed by atoms with Crippen LogP contribution in [0.1, 0.15) is 27.7 Å². The van der Waals surface area contributed by atoms with Gasteiger partial charge in [0.1, 0.15) is 0 Å². The number of hydrogen-bond donors (Lipinski definition) is 1. The third kappa shape index (κ3) is 1.95. The average Bonchev–Trinajstić information content (AvgIpc) is 2.30.